The van der Waals surface area contributed by atoms with E-state index in [2.05, 4.69) is 25.4 Å². The summed E-state index contributed by atoms with van der Waals surface area (Å²) < 4.78 is 1.64. The molecule has 7 heteroatoms. The van der Waals surface area contributed by atoms with Gasteiger partial charge in [0.1, 0.15) is 11.4 Å². The maximum Gasteiger partial charge on any atom is 0.261 e. The Morgan fingerprint density at radius 2 is 2.19 bits per heavy atom. The monoisotopic (exact) mass is 344 g/mol. The van der Waals surface area contributed by atoms with Gasteiger partial charge >= 0.3 is 0 Å². The van der Waals surface area contributed by atoms with Crippen LogP contribution in [0.25, 0.3) is 17.0 Å². The average molecular weight is 344 g/mol. The number of H-pyrrole nitrogens is 1. The first-order chi connectivity index (χ1) is 12.8. The molecule has 0 aliphatic heterocycles. The predicted molar refractivity (Wildman–Crippen MR) is 96.9 cm³/mol. The minimum Gasteiger partial charge on any atom is -0.345 e. The van der Waals surface area contributed by atoms with Gasteiger partial charge in [0.05, 0.1) is 6.20 Å². The molecule has 0 saturated heterocycles. The third-order valence-corrected chi connectivity index (χ3v) is 4.52. The third kappa shape index (κ3) is 2.63. The topological polar surface area (TPSA) is 88.0 Å². The van der Waals surface area contributed by atoms with E-state index in [1.807, 2.05) is 36.5 Å². The van der Waals surface area contributed by atoms with E-state index in [4.69, 9.17) is 0 Å². The highest BCUT2D eigenvalue weighted by molar-refractivity contribution is 6.08. The van der Waals surface area contributed by atoms with Gasteiger partial charge in [-0.15, -0.1) is 0 Å². The standard InChI is InChI=1S/C19H16N6O/c26-19(23-14-3-1-2-13(10-14)17-20-7-8-21-17)15-11-22-25-9-6-16(12-4-5-12)24-18(15)25/h1-3,6-12H,4-5H2,(H,20,21)(H,23,26). The lowest BCUT2D eigenvalue weighted by molar-refractivity contribution is 0.102. The first-order valence-electron chi connectivity index (χ1n) is 8.53. The number of hydrogen-bond acceptors (Lipinski definition) is 4. The van der Waals surface area contributed by atoms with Crippen molar-refractivity contribution in [1.82, 2.24) is 24.6 Å². The number of aromatic nitrogens is 5. The summed E-state index contributed by atoms with van der Waals surface area (Å²) in [7, 11) is 0. The number of aromatic amines is 1. The number of fused-ring (bicyclic) bond motifs is 1. The van der Waals surface area contributed by atoms with Crippen molar-refractivity contribution in [3.63, 3.8) is 0 Å². The molecule has 5 rings (SSSR count). The van der Waals surface area contributed by atoms with Gasteiger partial charge in [0.25, 0.3) is 5.91 Å². The van der Waals surface area contributed by atoms with Crippen molar-refractivity contribution in [2.75, 3.05) is 5.32 Å². The van der Waals surface area contributed by atoms with E-state index in [1.54, 1.807) is 23.1 Å². The van der Waals surface area contributed by atoms with Crippen molar-refractivity contribution < 1.29 is 4.79 Å². The van der Waals surface area contributed by atoms with Gasteiger partial charge in [-0.25, -0.2) is 14.5 Å². The van der Waals surface area contributed by atoms with Gasteiger partial charge in [0.15, 0.2) is 5.65 Å². The van der Waals surface area contributed by atoms with Crippen LogP contribution in [0.2, 0.25) is 0 Å². The molecule has 1 fully saturated rings. The summed E-state index contributed by atoms with van der Waals surface area (Å²) in [6.45, 7) is 0. The molecule has 0 unspecified atom stereocenters. The molecular formula is C19H16N6O. The van der Waals surface area contributed by atoms with Crippen LogP contribution in [0, 0.1) is 0 Å². The van der Waals surface area contributed by atoms with Gasteiger partial charge in [-0.2, -0.15) is 5.10 Å². The molecule has 0 bridgehead atoms. The highest BCUT2D eigenvalue weighted by Crippen LogP contribution is 2.39. The van der Waals surface area contributed by atoms with E-state index >= 15 is 0 Å². The van der Waals surface area contributed by atoms with Crippen molar-refractivity contribution in [3.8, 4) is 11.4 Å². The second-order valence-electron chi connectivity index (χ2n) is 6.43. The molecule has 3 aromatic heterocycles. The molecule has 1 aliphatic rings. The summed E-state index contributed by atoms with van der Waals surface area (Å²) in [5, 5.41) is 7.17. The molecule has 0 atom stereocenters. The van der Waals surface area contributed by atoms with Crippen LogP contribution in [0.5, 0.6) is 0 Å². The van der Waals surface area contributed by atoms with Gasteiger partial charge in [0.2, 0.25) is 0 Å². The molecule has 128 valence electrons. The van der Waals surface area contributed by atoms with Crippen molar-refractivity contribution in [3.05, 3.63) is 66.4 Å². The van der Waals surface area contributed by atoms with Crippen LogP contribution in [0.4, 0.5) is 5.69 Å². The zero-order valence-electron chi connectivity index (χ0n) is 13.9. The van der Waals surface area contributed by atoms with E-state index < -0.39 is 0 Å². The molecule has 26 heavy (non-hydrogen) atoms. The first-order valence-corrected chi connectivity index (χ1v) is 8.53. The molecule has 3 heterocycles. The zero-order chi connectivity index (χ0) is 17.5. The minimum absolute atomic E-state index is 0.225. The third-order valence-electron chi connectivity index (χ3n) is 4.52. The lowest BCUT2D eigenvalue weighted by atomic mass is 10.2. The molecule has 2 N–H and O–H groups in total. The van der Waals surface area contributed by atoms with E-state index in [-0.39, 0.29) is 5.91 Å². The lowest BCUT2D eigenvalue weighted by Gasteiger charge is -2.06. The maximum absolute atomic E-state index is 12.8. The lowest BCUT2D eigenvalue weighted by Crippen LogP contribution is -2.12. The van der Waals surface area contributed by atoms with Gasteiger partial charge in [0, 0.05) is 41.5 Å². The van der Waals surface area contributed by atoms with Crippen molar-refractivity contribution in [2.24, 2.45) is 0 Å². The number of imidazole rings is 1. The fourth-order valence-corrected chi connectivity index (χ4v) is 3.02. The van der Waals surface area contributed by atoms with E-state index in [0.29, 0.717) is 22.8 Å². The zero-order valence-corrected chi connectivity index (χ0v) is 13.9. The highest BCUT2D eigenvalue weighted by atomic mass is 16.1. The fraction of sp³-hybridized carbons (Fsp3) is 0.158. The van der Waals surface area contributed by atoms with Crippen LogP contribution in [-0.4, -0.2) is 30.5 Å². The number of hydrogen-bond donors (Lipinski definition) is 2. The van der Waals surface area contributed by atoms with E-state index in [1.165, 1.54) is 12.8 Å². The smallest absolute Gasteiger partial charge is 0.261 e. The number of benzene rings is 1. The van der Waals surface area contributed by atoms with Gasteiger partial charge in [-0.3, -0.25) is 4.79 Å². The number of rotatable bonds is 4. The van der Waals surface area contributed by atoms with Gasteiger partial charge < -0.3 is 10.3 Å². The Balaban J connectivity index is 1.44. The SMILES string of the molecule is O=C(Nc1cccc(-c2ncc[nH]2)c1)c1cnn2ccc(C3CC3)nc12. The number of carbonyl (C=O) groups is 1. The van der Waals surface area contributed by atoms with Gasteiger partial charge in [-0.05, 0) is 31.0 Å². The average Bonchev–Trinajstić information content (AvgIpc) is 3.19. The predicted octanol–water partition coefficient (Wildman–Crippen LogP) is 3.25. The molecular weight excluding hydrogens is 328 g/mol. The number of anilines is 1. The van der Waals surface area contributed by atoms with E-state index in [0.717, 1.165) is 17.1 Å². The van der Waals surface area contributed by atoms with Gasteiger partial charge in [-0.1, -0.05) is 12.1 Å². The molecule has 1 aliphatic carbocycles. The summed E-state index contributed by atoms with van der Waals surface area (Å²) in [6.07, 6.45) is 9.22. The molecule has 4 aromatic rings. The summed E-state index contributed by atoms with van der Waals surface area (Å²) in [5.74, 6) is 1.06. The second kappa shape index (κ2) is 5.80. The largest absolute Gasteiger partial charge is 0.345 e. The minimum atomic E-state index is -0.225. The molecule has 0 radical (unpaired) electrons. The molecule has 7 nitrogen and oxygen atoms in total. The van der Waals surface area contributed by atoms with Crippen LogP contribution in [0.1, 0.15) is 34.8 Å². The summed E-state index contributed by atoms with van der Waals surface area (Å²) >= 11 is 0. The normalized spacial score (nSPS) is 13.8. The maximum atomic E-state index is 12.8. The van der Waals surface area contributed by atoms with Crippen LogP contribution < -0.4 is 5.32 Å². The number of nitrogens with one attached hydrogen (secondary N) is 2. The van der Waals surface area contributed by atoms with Crippen LogP contribution in [-0.2, 0) is 0 Å². The number of amides is 1. The Hall–Kier alpha value is -3.48. The molecule has 1 saturated carbocycles. The summed E-state index contributed by atoms with van der Waals surface area (Å²) in [5.41, 5.74) is 3.69. The Kier molecular flexibility index (Phi) is 3.31. The molecule has 1 amide bonds. The Labute approximate surface area is 149 Å². The van der Waals surface area contributed by atoms with Crippen LogP contribution >= 0.6 is 0 Å². The Bertz CT molecular complexity index is 1090. The number of carbonyl (C=O) groups excluding carboxylic acids is 1. The highest BCUT2D eigenvalue weighted by Gasteiger charge is 2.26. The van der Waals surface area contributed by atoms with Crippen LogP contribution in [0.15, 0.2) is 55.1 Å². The summed E-state index contributed by atoms with van der Waals surface area (Å²) in [4.78, 5) is 24.7. The van der Waals surface area contributed by atoms with Crippen molar-refractivity contribution >= 4 is 17.2 Å². The second-order valence-corrected chi connectivity index (χ2v) is 6.43. The summed E-state index contributed by atoms with van der Waals surface area (Å²) in [6, 6.07) is 9.52. The van der Waals surface area contributed by atoms with E-state index in [9.17, 15) is 4.79 Å². The fourth-order valence-electron chi connectivity index (χ4n) is 3.02. The Morgan fingerprint density at radius 1 is 1.27 bits per heavy atom. The quantitative estimate of drug-likeness (QED) is 0.595. The molecule has 1 aromatic carbocycles. The first kappa shape index (κ1) is 14.8. The Morgan fingerprint density at radius 3 is 3.00 bits per heavy atom. The molecule has 0 spiro atoms. The van der Waals surface area contributed by atoms with Crippen molar-refractivity contribution in [1.29, 1.82) is 0 Å². The van der Waals surface area contributed by atoms with Crippen molar-refractivity contribution in [2.45, 2.75) is 18.8 Å². The number of nitrogens with zero attached hydrogens (tertiary/aromatic N) is 4. The van der Waals surface area contributed by atoms with Crippen LogP contribution in [0.3, 0.4) is 0 Å².